The van der Waals surface area contributed by atoms with Gasteiger partial charge in [-0.15, -0.1) is 5.10 Å². The SMILES string of the molecule is CCC(C)Cn1cc(C(C)Br)nn1. The van der Waals surface area contributed by atoms with Crippen LogP contribution in [0.5, 0.6) is 0 Å². The zero-order valence-corrected chi connectivity index (χ0v) is 9.95. The van der Waals surface area contributed by atoms with E-state index in [0.717, 1.165) is 12.2 Å². The molecule has 0 saturated carbocycles. The van der Waals surface area contributed by atoms with Crippen LogP contribution in [-0.4, -0.2) is 15.0 Å². The normalized spacial score (nSPS) is 15.7. The second kappa shape index (κ2) is 4.74. The Morgan fingerprint density at radius 1 is 1.54 bits per heavy atom. The van der Waals surface area contributed by atoms with E-state index in [4.69, 9.17) is 0 Å². The molecule has 0 radical (unpaired) electrons. The lowest BCUT2D eigenvalue weighted by Crippen LogP contribution is -2.07. The van der Waals surface area contributed by atoms with Crippen molar-refractivity contribution in [1.29, 1.82) is 0 Å². The van der Waals surface area contributed by atoms with Gasteiger partial charge in [0.05, 0.1) is 10.5 Å². The Hall–Kier alpha value is -0.380. The smallest absolute Gasteiger partial charge is 0.0960 e. The molecule has 0 aliphatic rings. The zero-order chi connectivity index (χ0) is 9.84. The molecule has 74 valence electrons. The van der Waals surface area contributed by atoms with Crippen molar-refractivity contribution in [1.82, 2.24) is 15.0 Å². The van der Waals surface area contributed by atoms with Crippen LogP contribution in [-0.2, 0) is 6.54 Å². The van der Waals surface area contributed by atoms with Crippen LogP contribution in [0.1, 0.15) is 37.7 Å². The minimum absolute atomic E-state index is 0.290. The van der Waals surface area contributed by atoms with Crippen molar-refractivity contribution in [3.8, 4) is 0 Å². The van der Waals surface area contributed by atoms with Crippen LogP contribution >= 0.6 is 15.9 Å². The molecule has 1 heterocycles. The van der Waals surface area contributed by atoms with E-state index in [1.807, 2.05) is 10.9 Å². The molecule has 0 amide bonds. The molecule has 0 aliphatic carbocycles. The maximum atomic E-state index is 4.07. The molecule has 0 saturated heterocycles. The largest absolute Gasteiger partial charge is 0.252 e. The predicted octanol–water partition coefficient (Wildman–Crippen LogP) is 2.78. The molecule has 0 fully saturated rings. The van der Waals surface area contributed by atoms with E-state index in [-0.39, 0.29) is 4.83 Å². The lowest BCUT2D eigenvalue weighted by Gasteiger charge is -2.06. The van der Waals surface area contributed by atoms with Gasteiger partial charge in [0.15, 0.2) is 0 Å². The standard InChI is InChI=1S/C9H16BrN3/c1-4-7(2)5-13-6-9(8(3)10)11-12-13/h6-8H,4-5H2,1-3H3. The van der Waals surface area contributed by atoms with Crippen LogP contribution in [0.4, 0.5) is 0 Å². The van der Waals surface area contributed by atoms with Crippen molar-refractivity contribution in [2.24, 2.45) is 5.92 Å². The molecule has 1 aromatic heterocycles. The summed E-state index contributed by atoms with van der Waals surface area (Å²) in [6.07, 6.45) is 3.19. The predicted molar refractivity (Wildman–Crippen MR) is 56.8 cm³/mol. The highest BCUT2D eigenvalue weighted by Gasteiger charge is 2.07. The molecule has 0 aliphatic heterocycles. The second-order valence-electron chi connectivity index (χ2n) is 3.49. The van der Waals surface area contributed by atoms with E-state index in [0.29, 0.717) is 5.92 Å². The van der Waals surface area contributed by atoms with E-state index in [9.17, 15) is 0 Å². The number of halogens is 1. The Labute approximate surface area is 87.6 Å². The minimum atomic E-state index is 0.290. The molecule has 3 nitrogen and oxygen atoms in total. The van der Waals surface area contributed by atoms with Gasteiger partial charge in [-0.1, -0.05) is 41.4 Å². The van der Waals surface area contributed by atoms with Crippen molar-refractivity contribution in [3.63, 3.8) is 0 Å². The number of aromatic nitrogens is 3. The zero-order valence-electron chi connectivity index (χ0n) is 8.37. The third-order valence-electron chi connectivity index (χ3n) is 2.16. The molecular weight excluding hydrogens is 230 g/mol. The fraction of sp³-hybridized carbons (Fsp3) is 0.778. The maximum absolute atomic E-state index is 4.07. The summed E-state index contributed by atoms with van der Waals surface area (Å²) in [5, 5.41) is 8.13. The molecule has 2 unspecified atom stereocenters. The summed E-state index contributed by atoms with van der Waals surface area (Å²) in [4.78, 5) is 0.290. The van der Waals surface area contributed by atoms with E-state index in [1.165, 1.54) is 6.42 Å². The summed E-state index contributed by atoms with van der Waals surface area (Å²) in [7, 11) is 0. The van der Waals surface area contributed by atoms with Crippen LogP contribution in [0.15, 0.2) is 6.20 Å². The lowest BCUT2D eigenvalue weighted by molar-refractivity contribution is 0.431. The maximum Gasteiger partial charge on any atom is 0.0960 e. The quantitative estimate of drug-likeness (QED) is 0.765. The highest BCUT2D eigenvalue weighted by Crippen LogP contribution is 2.18. The molecule has 13 heavy (non-hydrogen) atoms. The van der Waals surface area contributed by atoms with Gasteiger partial charge in [0.2, 0.25) is 0 Å². The first-order chi connectivity index (χ1) is 6.13. The van der Waals surface area contributed by atoms with Crippen LogP contribution in [0, 0.1) is 5.92 Å². The molecule has 1 rings (SSSR count). The van der Waals surface area contributed by atoms with Crippen LogP contribution in [0.3, 0.4) is 0 Å². The van der Waals surface area contributed by atoms with Gasteiger partial charge in [0.25, 0.3) is 0 Å². The van der Waals surface area contributed by atoms with Crippen molar-refractivity contribution < 1.29 is 0 Å². The van der Waals surface area contributed by atoms with Gasteiger partial charge in [0, 0.05) is 12.7 Å². The first-order valence-electron chi connectivity index (χ1n) is 4.67. The first kappa shape index (κ1) is 10.7. The summed E-state index contributed by atoms with van der Waals surface area (Å²) < 4.78 is 1.92. The Balaban J connectivity index is 2.58. The number of alkyl halides is 1. The summed E-state index contributed by atoms with van der Waals surface area (Å²) >= 11 is 3.46. The average molecular weight is 246 g/mol. The second-order valence-corrected chi connectivity index (χ2v) is 4.87. The molecule has 2 atom stereocenters. The van der Waals surface area contributed by atoms with Crippen LogP contribution < -0.4 is 0 Å². The van der Waals surface area contributed by atoms with E-state index >= 15 is 0 Å². The summed E-state index contributed by atoms with van der Waals surface area (Å²) in [6.45, 7) is 7.43. The van der Waals surface area contributed by atoms with Gasteiger partial charge >= 0.3 is 0 Å². The summed E-state index contributed by atoms with van der Waals surface area (Å²) in [6, 6.07) is 0. The molecular formula is C9H16BrN3. The van der Waals surface area contributed by atoms with Crippen molar-refractivity contribution in [2.45, 2.75) is 38.6 Å². The fourth-order valence-corrected chi connectivity index (χ4v) is 1.24. The molecule has 0 spiro atoms. The number of nitrogens with zero attached hydrogens (tertiary/aromatic N) is 3. The van der Waals surface area contributed by atoms with Gasteiger partial charge in [0.1, 0.15) is 0 Å². The first-order valence-corrected chi connectivity index (χ1v) is 5.59. The summed E-state index contributed by atoms with van der Waals surface area (Å²) in [5.41, 5.74) is 1.00. The molecule has 0 aromatic carbocycles. The minimum Gasteiger partial charge on any atom is -0.252 e. The summed E-state index contributed by atoms with van der Waals surface area (Å²) in [5.74, 6) is 0.667. The third kappa shape index (κ3) is 3.10. The third-order valence-corrected chi connectivity index (χ3v) is 2.63. The highest BCUT2D eigenvalue weighted by atomic mass is 79.9. The van der Waals surface area contributed by atoms with E-state index < -0.39 is 0 Å². The highest BCUT2D eigenvalue weighted by molar-refractivity contribution is 9.09. The molecule has 1 aromatic rings. The fourth-order valence-electron chi connectivity index (χ4n) is 1.03. The molecule has 4 heteroatoms. The Morgan fingerprint density at radius 2 is 2.23 bits per heavy atom. The Morgan fingerprint density at radius 3 is 2.69 bits per heavy atom. The Kier molecular flexibility index (Phi) is 3.90. The van der Waals surface area contributed by atoms with Gasteiger partial charge in [-0.2, -0.15) is 0 Å². The average Bonchev–Trinajstić information content (AvgIpc) is 2.52. The monoisotopic (exact) mass is 245 g/mol. The van der Waals surface area contributed by atoms with Crippen molar-refractivity contribution in [2.75, 3.05) is 0 Å². The molecule has 0 N–H and O–H groups in total. The topological polar surface area (TPSA) is 30.7 Å². The lowest BCUT2D eigenvalue weighted by atomic mass is 10.1. The van der Waals surface area contributed by atoms with E-state index in [2.05, 4.69) is 47.0 Å². The van der Waals surface area contributed by atoms with E-state index in [1.54, 1.807) is 0 Å². The van der Waals surface area contributed by atoms with Crippen molar-refractivity contribution in [3.05, 3.63) is 11.9 Å². The van der Waals surface area contributed by atoms with Crippen molar-refractivity contribution >= 4 is 15.9 Å². The number of hydrogen-bond donors (Lipinski definition) is 0. The van der Waals surface area contributed by atoms with Gasteiger partial charge in [-0.05, 0) is 12.8 Å². The number of hydrogen-bond acceptors (Lipinski definition) is 2. The number of rotatable bonds is 4. The van der Waals surface area contributed by atoms with Gasteiger partial charge in [-0.25, -0.2) is 0 Å². The van der Waals surface area contributed by atoms with Crippen LogP contribution in [0.2, 0.25) is 0 Å². The Bertz CT molecular complexity index is 257. The van der Waals surface area contributed by atoms with Gasteiger partial charge < -0.3 is 0 Å². The van der Waals surface area contributed by atoms with Gasteiger partial charge in [-0.3, -0.25) is 4.68 Å². The molecule has 0 bridgehead atoms. The van der Waals surface area contributed by atoms with Crippen LogP contribution in [0.25, 0.3) is 0 Å².